The minimum Gasteiger partial charge on any atom is -0.396 e. The molecule has 0 rings (SSSR count). The summed E-state index contributed by atoms with van der Waals surface area (Å²) < 4.78 is 0. The van der Waals surface area contributed by atoms with Crippen LogP contribution in [0.15, 0.2) is 4.99 Å². The molecule has 0 fully saturated rings. The van der Waals surface area contributed by atoms with Crippen molar-refractivity contribution in [3.63, 3.8) is 0 Å². The van der Waals surface area contributed by atoms with Crippen LogP contribution in [0.25, 0.3) is 0 Å². The zero-order chi connectivity index (χ0) is 9.40. The topological polar surface area (TPSA) is 70.6 Å². The first-order valence-electron chi connectivity index (χ1n) is 4.31. The van der Waals surface area contributed by atoms with Crippen LogP contribution in [-0.2, 0) is 0 Å². The summed E-state index contributed by atoms with van der Waals surface area (Å²) in [5, 5.41) is 11.4. The van der Waals surface area contributed by atoms with Crippen molar-refractivity contribution in [2.45, 2.75) is 20.3 Å². The van der Waals surface area contributed by atoms with Crippen molar-refractivity contribution in [2.24, 2.45) is 16.6 Å². The molecular weight excluding hydrogens is 154 g/mol. The highest BCUT2D eigenvalue weighted by Crippen LogP contribution is 1.90. The molecule has 0 aliphatic heterocycles. The van der Waals surface area contributed by atoms with Gasteiger partial charge in [-0.2, -0.15) is 0 Å². The van der Waals surface area contributed by atoms with Crippen LogP contribution in [0.4, 0.5) is 0 Å². The van der Waals surface area contributed by atoms with Gasteiger partial charge in [-0.1, -0.05) is 13.8 Å². The van der Waals surface area contributed by atoms with Gasteiger partial charge in [-0.15, -0.1) is 0 Å². The molecular formula is C8H19N3O. The van der Waals surface area contributed by atoms with Crippen LogP contribution in [0.2, 0.25) is 0 Å². The highest BCUT2D eigenvalue weighted by molar-refractivity contribution is 5.77. The zero-order valence-electron chi connectivity index (χ0n) is 7.88. The van der Waals surface area contributed by atoms with Gasteiger partial charge in [-0.25, -0.2) is 0 Å². The lowest BCUT2D eigenvalue weighted by atomic mass is 10.2. The van der Waals surface area contributed by atoms with Gasteiger partial charge < -0.3 is 16.2 Å². The van der Waals surface area contributed by atoms with E-state index in [2.05, 4.69) is 24.2 Å². The number of nitrogens with one attached hydrogen (secondary N) is 1. The van der Waals surface area contributed by atoms with Crippen molar-refractivity contribution in [3.05, 3.63) is 0 Å². The first-order chi connectivity index (χ1) is 5.66. The molecule has 0 aromatic heterocycles. The SMILES string of the molecule is CC(C)CN=C(N)NCCCO. The normalized spacial score (nSPS) is 12.2. The molecule has 12 heavy (non-hydrogen) atoms. The summed E-state index contributed by atoms with van der Waals surface area (Å²) in [4.78, 5) is 4.10. The molecule has 0 saturated heterocycles. The van der Waals surface area contributed by atoms with Crippen LogP contribution < -0.4 is 11.1 Å². The summed E-state index contributed by atoms with van der Waals surface area (Å²) in [5.41, 5.74) is 5.52. The van der Waals surface area contributed by atoms with Crippen molar-refractivity contribution in [1.82, 2.24) is 5.32 Å². The lowest BCUT2D eigenvalue weighted by molar-refractivity contribution is 0.289. The van der Waals surface area contributed by atoms with Crippen LogP contribution in [-0.4, -0.2) is 30.8 Å². The van der Waals surface area contributed by atoms with Gasteiger partial charge >= 0.3 is 0 Å². The van der Waals surface area contributed by atoms with E-state index >= 15 is 0 Å². The average Bonchev–Trinajstić information content (AvgIpc) is 2.01. The molecule has 4 nitrogen and oxygen atoms in total. The van der Waals surface area contributed by atoms with Crippen LogP contribution in [0.1, 0.15) is 20.3 Å². The van der Waals surface area contributed by atoms with Crippen LogP contribution in [0, 0.1) is 5.92 Å². The second-order valence-electron chi connectivity index (χ2n) is 3.12. The van der Waals surface area contributed by atoms with Gasteiger partial charge in [0.1, 0.15) is 0 Å². The summed E-state index contributed by atoms with van der Waals surface area (Å²) in [6.07, 6.45) is 0.706. The van der Waals surface area contributed by atoms with Crippen molar-refractivity contribution >= 4 is 5.96 Å². The molecule has 0 aliphatic rings. The Morgan fingerprint density at radius 3 is 2.75 bits per heavy atom. The second kappa shape index (κ2) is 6.91. The van der Waals surface area contributed by atoms with Crippen LogP contribution in [0.5, 0.6) is 0 Å². The molecule has 0 atom stereocenters. The predicted molar refractivity (Wildman–Crippen MR) is 51.0 cm³/mol. The number of hydrogen-bond acceptors (Lipinski definition) is 2. The van der Waals surface area contributed by atoms with E-state index in [1.165, 1.54) is 0 Å². The number of rotatable bonds is 5. The van der Waals surface area contributed by atoms with E-state index in [4.69, 9.17) is 10.8 Å². The fourth-order valence-corrected chi connectivity index (χ4v) is 0.632. The molecule has 0 amide bonds. The maximum Gasteiger partial charge on any atom is 0.188 e. The van der Waals surface area contributed by atoms with Crippen molar-refractivity contribution in [3.8, 4) is 0 Å². The smallest absolute Gasteiger partial charge is 0.188 e. The van der Waals surface area contributed by atoms with Gasteiger partial charge in [0.05, 0.1) is 0 Å². The Morgan fingerprint density at radius 1 is 1.58 bits per heavy atom. The molecule has 4 heteroatoms. The molecule has 0 saturated carbocycles. The monoisotopic (exact) mass is 173 g/mol. The molecule has 0 radical (unpaired) electrons. The average molecular weight is 173 g/mol. The molecule has 0 heterocycles. The van der Waals surface area contributed by atoms with E-state index in [9.17, 15) is 0 Å². The Labute approximate surface area is 73.9 Å². The highest BCUT2D eigenvalue weighted by atomic mass is 16.3. The van der Waals surface area contributed by atoms with Crippen molar-refractivity contribution in [1.29, 1.82) is 0 Å². The third kappa shape index (κ3) is 7.34. The Bertz CT molecular complexity index is 134. The van der Waals surface area contributed by atoms with Gasteiger partial charge in [-0.3, -0.25) is 4.99 Å². The predicted octanol–water partition coefficient (Wildman–Crippen LogP) is -0.0709. The van der Waals surface area contributed by atoms with Gasteiger partial charge in [0, 0.05) is 19.7 Å². The summed E-state index contributed by atoms with van der Waals surface area (Å²) in [6.45, 7) is 5.79. The first kappa shape index (κ1) is 11.2. The van der Waals surface area contributed by atoms with E-state index in [0.29, 0.717) is 24.8 Å². The molecule has 72 valence electrons. The van der Waals surface area contributed by atoms with Crippen molar-refractivity contribution < 1.29 is 5.11 Å². The number of nitrogens with zero attached hydrogens (tertiary/aromatic N) is 1. The molecule has 0 aromatic carbocycles. The van der Waals surface area contributed by atoms with Crippen LogP contribution in [0.3, 0.4) is 0 Å². The van der Waals surface area contributed by atoms with E-state index in [-0.39, 0.29) is 6.61 Å². The highest BCUT2D eigenvalue weighted by Gasteiger charge is 1.92. The summed E-state index contributed by atoms with van der Waals surface area (Å²) >= 11 is 0. The first-order valence-corrected chi connectivity index (χ1v) is 4.31. The standard InChI is InChI=1S/C8H19N3O/c1-7(2)6-11-8(9)10-4-3-5-12/h7,12H,3-6H2,1-2H3,(H3,9,10,11). The molecule has 0 aliphatic carbocycles. The molecule has 0 bridgehead atoms. The van der Waals surface area contributed by atoms with Crippen LogP contribution >= 0.6 is 0 Å². The Kier molecular flexibility index (Phi) is 6.47. The van der Waals surface area contributed by atoms with Gasteiger partial charge in [-0.05, 0) is 12.3 Å². The molecule has 0 aromatic rings. The second-order valence-corrected chi connectivity index (χ2v) is 3.12. The quantitative estimate of drug-likeness (QED) is 0.309. The number of aliphatic hydroxyl groups excluding tert-OH is 1. The summed E-state index contributed by atoms with van der Waals surface area (Å²) in [5.74, 6) is 1.00. The fraction of sp³-hybridized carbons (Fsp3) is 0.875. The zero-order valence-corrected chi connectivity index (χ0v) is 7.88. The van der Waals surface area contributed by atoms with E-state index in [1.807, 2.05) is 0 Å². The summed E-state index contributed by atoms with van der Waals surface area (Å²) in [6, 6.07) is 0. The number of aliphatic hydroxyl groups is 1. The third-order valence-electron chi connectivity index (χ3n) is 1.27. The lowest BCUT2D eigenvalue weighted by Crippen LogP contribution is -2.33. The van der Waals surface area contributed by atoms with Gasteiger partial charge in [0.25, 0.3) is 0 Å². The number of guanidine groups is 1. The fourth-order valence-electron chi connectivity index (χ4n) is 0.632. The third-order valence-corrected chi connectivity index (χ3v) is 1.27. The molecule has 4 N–H and O–H groups in total. The Balaban J connectivity index is 3.42. The van der Waals surface area contributed by atoms with E-state index in [0.717, 1.165) is 6.54 Å². The van der Waals surface area contributed by atoms with E-state index < -0.39 is 0 Å². The molecule has 0 unspecified atom stereocenters. The van der Waals surface area contributed by atoms with E-state index in [1.54, 1.807) is 0 Å². The maximum atomic E-state index is 8.48. The number of nitrogens with two attached hydrogens (primary N) is 1. The Morgan fingerprint density at radius 2 is 2.25 bits per heavy atom. The maximum absolute atomic E-state index is 8.48. The van der Waals surface area contributed by atoms with Gasteiger partial charge in [0.2, 0.25) is 0 Å². The number of aliphatic imine (C=N–C) groups is 1. The Hall–Kier alpha value is -0.770. The lowest BCUT2D eigenvalue weighted by Gasteiger charge is -2.04. The van der Waals surface area contributed by atoms with Crippen molar-refractivity contribution in [2.75, 3.05) is 19.7 Å². The summed E-state index contributed by atoms with van der Waals surface area (Å²) in [7, 11) is 0. The van der Waals surface area contributed by atoms with Gasteiger partial charge in [0.15, 0.2) is 5.96 Å². The number of hydrogen-bond donors (Lipinski definition) is 3. The minimum atomic E-state index is 0.185. The largest absolute Gasteiger partial charge is 0.396 e. The molecule has 0 spiro atoms. The minimum absolute atomic E-state index is 0.185.